The predicted molar refractivity (Wildman–Crippen MR) is 123 cm³/mol. The molecule has 1 aromatic heterocycles. The quantitative estimate of drug-likeness (QED) is 0.466. The van der Waals surface area contributed by atoms with Crippen LogP contribution in [0.5, 0.6) is 0 Å². The van der Waals surface area contributed by atoms with E-state index in [-0.39, 0.29) is 36.3 Å². The summed E-state index contributed by atoms with van der Waals surface area (Å²) in [6, 6.07) is 13.2. The van der Waals surface area contributed by atoms with E-state index in [1.165, 1.54) is 4.90 Å². The Hall–Kier alpha value is -2.58. The minimum Gasteiger partial charge on any atom is -0.394 e. The number of carbonyl (C=O) groups is 2. The summed E-state index contributed by atoms with van der Waals surface area (Å²) in [6.45, 7) is -0.438. The van der Waals surface area contributed by atoms with Crippen molar-refractivity contribution in [2.45, 2.75) is 24.5 Å². The smallest absolute Gasteiger partial charge is 0.268 e. The minimum atomic E-state index is -1.00. The molecule has 7 nitrogen and oxygen atoms in total. The van der Waals surface area contributed by atoms with Gasteiger partial charge in [-0.3, -0.25) is 9.59 Å². The van der Waals surface area contributed by atoms with Crippen molar-refractivity contribution < 1.29 is 14.7 Å². The van der Waals surface area contributed by atoms with Crippen LogP contribution < -0.4 is 11.1 Å². The number of aliphatic hydroxyl groups excluding tert-OH is 1. The Labute approximate surface area is 191 Å². The number of rotatable bonds is 5. The Morgan fingerprint density at radius 3 is 2.77 bits per heavy atom. The molecule has 5 N–H and O–H groups in total. The molecule has 0 radical (unpaired) electrons. The molecule has 0 fully saturated rings. The molecular weight excluding hydrogens is 439 g/mol. The van der Waals surface area contributed by atoms with Crippen molar-refractivity contribution in [2.24, 2.45) is 5.73 Å². The highest BCUT2D eigenvalue weighted by molar-refractivity contribution is 6.31. The second kappa shape index (κ2) is 9.28. The zero-order valence-electron chi connectivity index (χ0n) is 16.8. The number of amides is 2. The molecule has 0 spiro atoms. The minimum absolute atomic E-state index is 0. The molecule has 0 saturated carbocycles. The number of nitrogens with two attached hydrogens (primary N) is 1. The van der Waals surface area contributed by atoms with E-state index >= 15 is 0 Å². The van der Waals surface area contributed by atoms with Gasteiger partial charge in [-0.25, -0.2) is 0 Å². The number of nitrogens with zero attached hydrogens (tertiary/aromatic N) is 1. The van der Waals surface area contributed by atoms with Crippen LogP contribution in [0.3, 0.4) is 0 Å². The SMILES string of the molecule is CN(C(=O)[C@H](N)CO)[C@@H]1c2ccccc2CC1NC(=O)c1cc2cc(Cl)ccc2[nH]1.Cl. The normalized spacial score (nSPS) is 18.2. The first-order valence-electron chi connectivity index (χ1n) is 9.69. The summed E-state index contributed by atoms with van der Waals surface area (Å²) in [4.78, 5) is 30.2. The van der Waals surface area contributed by atoms with Gasteiger partial charge in [0.1, 0.15) is 11.7 Å². The lowest BCUT2D eigenvalue weighted by Gasteiger charge is -2.32. The molecule has 2 amide bonds. The second-order valence-corrected chi connectivity index (χ2v) is 8.02. The lowest BCUT2D eigenvalue weighted by atomic mass is 10.0. The third-order valence-electron chi connectivity index (χ3n) is 5.62. The highest BCUT2D eigenvalue weighted by atomic mass is 35.5. The molecule has 9 heteroatoms. The van der Waals surface area contributed by atoms with Crippen molar-refractivity contribution in [3.05, 3.63) is 70.4 Å². The third kappa shape index (κ3) is 4.41. The fourth-order valence-electron chi connectivity index (χ4n) is 4.13. The van der Waals surface area contributed by atoms with Crippen molar-refractivity contribution in [2.75, 3.05) is 13.7 Å². The van der Waals surface area contributed by atoms with Gasteiger partial charge in [-0.2, -0.15) is 0 Å². The van der Waals surface area contributed by atoms with Gasteiger partial charge in [0, 0.05) is 23.0 Å². The molecule has 164 valence electrons. The maximum absolute atomic E-state index is 13.0. The van der Waals surface area contributed by atoms with Crippen LogP contribution >= 0.6 is 24.0 Å². The summed E-state index contributed by atoms with van der Waals surface area (Å²) in [7, 11) is 1.65. The Bertz CT molecular complexity index is 1120. The van der Waals surface area contributed by atoms with Crippen molar-refractivity contribution >= 4 is 46.7 Å². The molecule has 31 heavy (non-hydrogen) atoms. The fourth-order valence-corrected chi connectivity index (χ4v) is 4.31. The first-order chi connectivity index (χ1) is 14.4. The lowest BCUT2D eigenvalue weighted by molar-refractivity contribution is -0.134. The van der Waals surface area contributed by atoms with Gasteiger partial charge in [-0.1, -0.05) is 35.9 Å². The van der Waals surface area contributed by atoms with Gasteiger partial charge in [0.2, 0.25) is 5.91 Å². The number of likely N-dealkylation sites (N-methyl/N-ethyl adjacent to an activating group) is 1. The van der Waals surface area contributed by atoms with E-state index < -0.39 is 12.6 Å². The van der Waals surface area contributed by atoms with Crippen molar-refractivity contribution in [1.29, 1.82) is 0 Å². The molecule has 2 aromatic carbocycles. The summed E-state index contributed by atoms with van der Waals surface area (Å²) >= 11 is 6.04. The van der Waals surface area contributed by atoms with Gasteiger partial charge in [-0.15, -0.1) is 12.4 Å². The van der Waals surface area contributed by atoms with Crippen LogP contribution in [0.2, 0.25) is 5.02 Å². The number of aromatic amines is 1. The number of nitrogens with one attached hydrogen (secondary N) is 2. The number of H-pyrrole nitrogens is 1. The molecule has 3 aromatic rings. The van der Waals surface area contributed by atoms with Crippen LogP contribution in [-0.2, 0) is 11.2 Å². The zero-order valence-corrected chi connectivity index (χ0v) is 18.4. The Balaban J connectivity index is 0.00000272. The highest BCUT2D eigenvalue weighted by Crippen LogP contribution is 2.36. The number of aliphatic hydroxyl groups is 1. The lowest BCUT2D eigenvalue weighted by Crippen LogP contribution is -2.50. The average Bonchev–Trinajstić information content (AvgIpc) is 3.32. The fraction of sp³-hybridized carbons (Fsp3) is 0.273. The van der Waals surface area contributed by atoms with Crippen LogP contribution in [-0.4, -0.2) is 52.5 Å². The third-order valence-corrected chi connectivity index (χ3v) is 5.85. The van der Waals surface area contributed by atoms with E-state index in [4.69, 9.17) is 17.3 Å². The first-order valence-corrected chi connectivity index (χ1v) is 10.1. The summed E-state index contributed by atoms with van der Waals surface area (Å²) in [5.74, 6) is -0.642. The largest absolute Gasteiger partial charge is 0.394 e. The van der Waals surface area contributed by atoms with Gasteiger partial charge < -0.3 is 26.0 Å². The van der Waals surface area contributed by atoms with E-state index in [1.54, 1.807) is 25.2 Å². The monoisotopic (exact) mass is 462 g/mol. The predicted octanol–water partition coefficient (Wildman–Crippen LogP) is 2.42. The Morgan fingerprint density at radius 1 is 1.29 bits per heavy atom. The van der Waals surface area contributed by atoms with E-state index in [0.717, 1.165) is 22.0 Å². The highest BCUT2D eigenvalue weighted by Gasteiger charge is 2.39. The van der Waals surface area contributed by atoms with E-state index in [9.17, 15) is 14.7 Å². The number of hydrogen-bond acceptors (Lipinski definition) is 4. The molecule has 0 aliphatic heterocycles. The molecule has 4 rings (SSSR count). The summed E-state index contributed by atoms with van der Waals surface area (Å²) < 4.78 is 0. The number of halogens is 2. The second-order valence-electron chi connectivity index (χ2n) is 7.58. The van der Waals surface area contributed by atoms with E-state index in [0.29, 0.717) is 17.1 Å². The van der Waals surface area contributed by atoms with Gasteiger partial charge in [-0.05, 0) is 41.8 Å². The van der Waals surface area contributed by atoms with Crippen LogP contribution in [0.4, 0.5) is 0 Å². The van der Waals surface area contributed by atoms with Gasteiger partial charge in [0.15, 0.2) is 0 Å². The molecular formula is C22H24Cl2N4O3. The molecule has 0 bridgehead atoms. The van der Waals surface area contributed by atoms with Gasteiger partial charge >= 0.3 is 0 Å². The number of benzene rings is 2. The molecule has 0 saturated heterocycles. The summed E-state index contributed by atoms with van der Waals surface area (Å²) in [6.07, 6.45) is 0.588. The van der Waals surface area contributed by atoms with Gasteiger partial charge in [0.05, 0.1) is 18.7 Å². The first kappa shape index (κ1) is 23.1. The molecule has 1 unspecified atom stereocenters. The Kier molecular flexibility index (Phi) is 6.91. The van der Waals surface area contributed by atoms with Crippen LogP contribution in [0.25, 0.3) is 10.9 Å². The van der Waals surface area contributed by atoms with Crippen molar-refractivity contribution in [1.82, 2.24) is 15.2 Å². The molecule has 1 heterocycles. The number of aromatic nitrogens is 1. The number of hydrogen-bond donors (Lipinski definition) is 4. The summed E-state index contributed by atoms with van der Waals surface area (Å²) in [5.41, 5.74) is 9.02. The molecule has 1 aliphatic carbocycles. The maximum Gasteiger partial charge on any atom is 0.268 e. The standard InChI is InChI=1S/C22H23ClN4O3.ClH/c1-27(22(30)16(24)11-28)20-15-5-3-2-4-12(15)9-18(20)26-21(29)19-10-13-8-14(23)6-7-17(13)25-19;/h2-8,10,16,18,20,25,28H,9,11,24H2,1H3,(H,26,29);1H/t16-,18?,20-;/m1./s1. The zero-order chi connectivity index (χ0) is 21.4. The maximum atomic E-state index is 13.0. The summed E-state index contributed by atoms with van der Waals surface area (Å²) in [5, 5.41) is 13.8. The van der Waals surface area contributed by atoms with Crippen LogP contribution in [0.15, 0.2) is 48.5 Å². The van der Waals surface area contributed by atoms with Gasteiger partial charge in [0.25, 0.3) is 5.91 Å². The number of carbonyl (C=O) groups excluding carboxylic acids is 2. The Morgan fingerprint density at radius 2 is 2.03 bits per heavy atom. The topological polar surface area (TPSA) is 111 Å². The molecule has 1 aliphatic rings. The molecule has 3 atom stereocenters. The number of fused-ring (bicyclic) bond motifs is 2. The average molecular weight is 463 g/mol. The van der Waals surface area contributed by atoms with Crippen LogP contribution in [0.1, 0.15) is 27.7 Å². The van der Waals surface area contributed by atoms with Crippen molar-refractivity contribution in [3.63, 3.8) is 0 Å². The van der Waals surface area contributed by atoms with Crippen LogP contribution in [0, 0.1) is 0 Å². The van der Waals surface area contributed by atoms with Crippen molar-refractivity contribution in [3.8, 4) is 0 Å². The van der Waals surface area contributed by atoms with E-state index in [1.807, 2.05) is 30.3 Å². The van der Waals surface area contributed by atoms with E-state index in [2.05, 4.69) is 10.3 Å².